The number of anilines is 1. The fourth-order valence-electron chi connectivity index (χ4n) is 3.87. The van der Waals surface area contributed by atoms with Crippen molar-refractivity contribution in [2.45, 2.75) is 20.5 Å². The number of aromatic nitrogens is 2. The number of ether oxygens (including phenoxy) is 1. The van der Waals surface area contributed by atoms with Crippen molar-refractivity contribution in [3.8, 4) is 28.1 Å². The number of benzene rings is 3. The van der Waals surface area contributed by atoms with Gasteiger partial charge in [0.25, 0.3) is 0 Å². The highest BCUT2D eigenvalue weighted by molar-refractivity contribution is 5.88. The van der Waals surface area contributed by atoms with E-state index in [0.717, 1.165) is 45.0 Å². The molecule has 1 N–H and O–H groups in total. The molecule has 168 valence electrons. The molecular weight excluding hydrogens is 422 g/mol. The van der Waals surface area contributed by atoms with Crippen molar-refractivity contribution in [1.82, 2.24) is 9.38 Å². The summed E-state index contributed by atoms with van der Waals surface area (Å²) in [5.74, 6) is 0.661. The van der Waals surface area contributed by atoms with Crippen molar-refractivity contribution in [2.75, 3.05) is 5.32 Å². The monoisotopic (exact) mass is 447 g/mol. The maximum atomic E-state index is 11.2. The Kier molecular flexibility index (Phi) is 5.83. The molecule has 2 heterocycles. The van der Waals surface area contributed by atoms with Crippen LogP contribution in [-0.2, 0) is 11.4 Å². The molecule has 0 spiro atoms. The third-order valence-corrected chi connectivity index (χ3v) is 5.64. The summed E-state index contributed by atoms with van der Waals surface area (Å²) in [6.07, 6.45) is 4.18. The SMILES string of the molecule is CC(=O)Nc1ccc(OCc2cccc(-c3ccc4nc(-c5ccc(C)cc5)cn4c3)c2)cc1. The fraction of sp³-hybridized carbons (Fsp3) is 0.103. The molecule has 5 heteroatoms. The molecule has 5 nitrogen and oxygen atoms in total. The van der Waals surface area contributed by atoms with Gasteiger partial charge in [-0.2, -0.15) is 0 Å². The summed E-state index contributed by atoms with van der Waals surface area (Å²) >= 11 is 0. The van der Waals surface area contributed by atoms with E-state index < -0.39 is 0 Å². The van der Waals surface area contributed by atoms with Crippen molar-refractivity contribution < 1.29 is 9.53 Å². The number of amides is 1. The van der Waals surface area contributed by atoms with E-state index in [-0.39, 0.29) is 5.91 Å². The lowest BCUT2D eigenvalue weighted by Gasteiger charge is -2.09. The predicted molar refractivity (Wildman–Crippen MR) is 136 cm³/mol. The van der Waals surface area contributed by atoms with Crippen LogP contribution in [0.2, 0.25) is 0 Å². The maximum absolute atomic E-state index is 11.2. The summed E-state index contributed by atoms with van der Waals surface area (Å²) in [6.45, 7) is 4.03. The lowest BCUT2D eigenvalue weighted by Crippen LogP contribution is -2.05. The summed E-state index contributed by atoms with van der Waals surface area (Å²) < 4.78 is 8.02. The number of rotatable bonds is 6. The van der Waals surface area contributed by atoms with Crippen LogP contribution in [0.3, 0.4) is 0 Å². The van der Waals surface area contributed by atoms with Gasteiger partial charge >= 0.3 is 0 Å². The number of pyridine rings is 1. The van der Waals surface area contributed by atoms with E-state index >= 15 is 0 Å². The molecule has 0 bridgehead atoms. The van der Waals surface area contributed by atoms with Crippen LogP contribution < -0.4 is 10.1 Å². The number of hydrogen-bond donors (Lipinski definition) is 1. The zero-order valence-corrected chi connectivity index (χ0v) is 19.2. The summed E-state index contributed by atoms with van der Waals surface area (Å²) in [5, 5.41) is 2.76. The first-order valence-corrected chi connectivity index (χ1v) is 11.2. The van der Waals surface area contributed by atoms with E-state index in [2.05, 4.69) is 77.6 Å². The van der Waals surface area contributed by atoms with Gasteiger partial charge in [-0.3, -0.25) is 4.79 Å². The molecule has 0 fully saturated rings. The Bertz CT molecular complexity index is 1450. The fourth-order valence-corrected chi connectivity index (χ4v) is 3.87. The van der Waals surface area contributed by atoms with Gasteiger partial charge in [-0.05, 0) is 66.1 Å². The zero-order valence-electron chi connectivity index (χ0n) is 19.2. The summed E-state index contributed by atoms with van der Waals surface area (Å²) in [7, 11) is 0. The van der Waals surface area contributed by atoms with Crippen LogP contribution in [0.15, 0.2) is 97.3 Å². The molecule has 0 aliphatic carbocycles. The van der Waals surface area contributed by atoms with E-state index in [0.29, 0.717) is 6.61 Å². The Labute approximate surface area is 198 Å². The lowest BCUT2D eigenvalue weighted by atomic mass is 10.1. The molecule has 1 amide bonds. The van der Waals surface area contributed by atoms with Gasteiger partial charge in [-0.15, -0.1) is 0 Å². The highest BCUT2D eigenvalue weighted by Gasteiger charge is 2.07. The Morgan fingerprint density at radius 2 is 1.65 bits per heavy atom. The molecule has 3 aromatic carbocycles. The van der Waals surface area contributed by atoms with Crippen LogP contribution in [0.25, 0.3) is 28.0 Å². The van der Waals surface area contributed by atoms with Gasteiger partial charge in [0.05, 0.1) is 5.69 Å². The van der Waals surface area contributed by atoms with Crippen LogP contribution in [0.1, 0.15) is 18.1 Å². The number of hydrogen-bond acceptors (Lipinski definition) is 3. The Hall–Kier alpha value is -4.38. The minimum atomic E-state index is -0.0919. The Balaban J connectivity index is 1.32. The second kappa shape index (κ2) is 9.24. The first-order valence-electron chi connectivity index (χ1n) is 11.2. The molecule has 5 rings (SSSR count). The molecule has 0 radical (unpaired) electrons. The Morgan fingerprint density at radius 1 is 0.882 bits per heavy atom. The van der Waals surface area contributed by atoms with Crippen LogP contribution in [0, 0.1) is 6.92 Å². The number of carbonyl (C=O) groups excluding carboxylic acids is 1. The van der Waals surface area contributed by atoms with Crippen LogP contribution in [-0.4, -0.2) is 15.3 Å². The van der Waals surface area contributed by atoms with Crippen LogP contribution >= 0.6 is 0 Å². The molecule has 0 atom stereocenters. The topological polar surface area (TPSA) is 55.6 Å². The van der Waals surface area contributed by atoms with E-state index in [1.807, 2.05) is 36.4 Å². The highest BCUT2D eigenvalue weighted by atomic mass is 16.5. The van der Waals surface area contributed by atoms with Crippen molar-refractivity contribution in [3.63, 3.8) is 0 Å². The second-order valence-corrected chi connectivity index (χ2v) is 8.37. The minimum absolute atomic E-state index is 0.0919. The van der Waals surface area contributed by atoms with Gasteiger partial charge in [0.2, 0.25) is 5.91 Å². The molecule has 0 aliphatic heterocycles. The number of nitrogens with zero attached hydrogens (tertiary/aromatic N) is 2. The van der Waals surface area contributed by atoms with E-state index in [9.17, 15) is 4.79 Å². The maximum Gasteiger partial charge on any atom is 0.221 e. The van der Waals surface area contributed by atoms with Gasteiger partial charge < -0.3 is 14.5 Å². The third kappa shape index (κ3) is 4.84. The number of imidazole rings is 1. The van der Waals surface area contributed by atoms with Gasteiger partial charge in [0, 0.05) is 30.6 Å². The average Bonchev–Trinajstić information content (AvgIpc) is 3.27. The van der Waals surface area contributed by atoms with Gasteiger partial charge in [-0.25, -0.2) is 4.98 Å². The number of aryl methyl sites for hydroxylation is 1. The van der Waals surface area contributed by atoms with Crippen molar-refractivity contribution in [2.24, 2.45) is 0 Å². The zero-order chi connectivity index (χ0) is 23.5. The van der Waals surface area contributed by atoms with Gasteiger partial charge in [-0.1, -0.05) is 48.0 Å². The molecule has 0 saturated heterocycles. The highest BCUT2D eigenvalue weighted by Crippen LogP contribution is 2.25. The second-order valence-electron chi connectivity index (χ2n) is 8.37. The number of carbonyl (C=O) groups is 1. The third-order valence-electron chi connectivity index (χ3n) is 5.64. The first kappa shape index (κ1) is 21.5. The van der Waals surface area contributed by atoms with E-state index in [1.165, 1.54) is 12.5 Å². The largest absolute Gasteiger partial charge is 0.489 e. The van der Waals surface area contributed by atoms with Crippen molar-refractivity contribution in [1.29, 1.82) is 0 Å². The quantitative estimate of drug-likeness (QED) is 0.323. The molecule has 2 aromatic heterocycles. The van der Waals surface area contributed by atoms with Crippen molar-refractivity contribution >= 4 is 17.2 Å². The lowest BCUT2D eigenvalue weighted by molar-refractivity contribution is -0.114. The standard InChI is InChI=1S/C29H25N3O2/c1-20-6-8-23(9-7-20)28-18-32-17-25(10-15-29(32)31-28)24-5-3-4-22(16-24)19-34-27-13-11-26(12-14-27)30-21(2)33/h3-18H,19H2,1-2H3,(H,30,33). The van der Waals surface area contributed by atoms with Crippen molar-refractivity contribution in [3.05, 3.63) is 108 Å². The summed E-state index contributed by atoms with van der Waals surface area (Å²) in [4.78, 5) is 15.9. The molecule has 0 aliphatic rings. The smallest absolute Gasteiger partial charge is 0.221 e. The van der Waals surface area contributed by atoms with Gasteiger partial charge in [0.1, 0.15) is 18.0 Å². The summed E-state index contributed by atoms with van der Waals surface area (Å²) in [5.41, 5.74) is 8.29. The molecule has 0 saturated carbocycles. The predicted octanol–water partition coefficient (Wildman–Crippen LogP) is 6.51. The minimum Gasteiger partial charge on any atom is -0.489 e. The van der Waals surface area contributed by atoms with Crippen LogP contribution in [0.4, 0.5) is 5.69 Å². The number of fused-ring (bicyclic) bond motifs is 1. The van der Waals surface area contributed by atoms with Crippen LogP contribution in [0.5, 0.6) is 5.75 Å². The summed E-state index contributed by atoms with van der Waals surface area (Å²) in [6, 6.07) is 28.3. The van der Waals surface area contributed by atoms with E-state index in [1.54, 1.807) is 0 Å². The molecule has 34 heavy (non-hydrogen) atoms. The molecule has 5 aromatic rings. The first-order chi connectivity index (χ1) is 16.5. The number of nitrogens with one attached hydrogen (secondary N) is 1. The molecular formula is C29H25N3O2. The Morgan fingerprint density at radius 3 is 2.41 bits per heavy atom. The van der Waals surface area contributed by atoms with Gasteiger partial charge in [0.15, 0.2) is 0 Å². The van der Waals surface area contributed by atoms with E-state index in [4.69, 9.17) is 9.72 Å². The average molecular weight is 448 g/mol. The normalized spacial score (nSPS) is 10.9. The molecule has 0 unspecified atom stereocenters.